The van der Waals surface area contributed by atoms with Crippen LogP contribution in [0.15, 0.2) is 0 Å². The van der Waals surface area contributed by atoms with Gasteiger partial charge in [-0.25, -0.2) is 0 Å². The zero-order valence-corrected chi connectivity index (χ0v) is 8.89. The third-order valence-electron chi connectivity index (χ3n) is 6.43. The van der Waals surface area contributed by atoms with E-state index in [1.54, 1.807) is 6.42 Å². The Morgan fingerprint density at radius 1 is 0.929 bits per heavy atom. The van der Waals surface area contributed by atoms with E-state index >= 15 is 0 Å². The summed E-state index contributed by atoms with van der Waals surface area (Å²) in [6.07, 6.45) is 3.08. The highest BCUT2D eigenvalue weighted by Gasteiger charge is 2.84. The van der Waals surface area contributed by atoms with Crippen molar-refractivity contribution in [2.24, 2.45) is 47.3 Å². The van der Waals surface area contributed by atoms with Gasteiger partial charge in [0, 0.05) is 0 Å². The summed E-state index contributed by atoms with van der Waals surface area (Å²) < 4.78 is 5.72. The Balaban J connectivity index is 1.43. The molecule has 1 heteroatoms. The predicted octanol–water partition coefficient (Wildman–Crippen LogP) is 2.17. The van der Waals surface area contributed by atoms with Gasteiger partial charge in [0.25, 0.3) is 0 Å². The lowest BCUT2D eigenvalue weighted by Crippen LogP contribution is -2.77. The molecule has 0 aromatic heterocycles. The van der Waals surface area contributed by atoms with Crippen LogP contribution in [0, 0.1) is 47.3 Å². The van der Waals surface area contributed by atoms with Gasteiger partial charge in [-0.1, -0.05) is 13.8 Å². The highest BCUT2D eigenvalue weighted by molar-refractivity contribution is 5.30. The second kappa shape index (κ2) is 1.81. The Bertz CT molecular complexity index is 319. The van der Waals surface area contributed by atoms with Crippen LogP contribution in [-0.4, -0.2) is 12.2 Å². The number of epoxide rings is 1. The van der Waals surface area contributed by atoms with E-state index in [-0.39, 0.29) is 0 Å². The van der Waals surface area contributed by atoms with E-state index in [0.717, 1.165) is 59.6 Å². The van der Waals surface area contributed by atoms with Gasteiger partial charge in [0.05, 0.1) is 12.2 Å². The molecule has 0 radical (unpaired) electrons. The quantitative estimate of drug-likeness (QED) is 0.456. The fourth-order valence-electron chi connectivity index (χ4n) is 5.76. The van der Waals surface area contributed by atoms with Gasteiger partial charge in [-0.15, -0.1) is 0 Å². The zero-order chi connectivity index (χ0) is 9.19. The van der Waals surface area contributed by atoms with Gasteiger partial charge in [-0.05, 0) is 53.8 Å². The smallest absolute Gasteiger partial charge is 0.0879 e. The van der Waals surface area contributed by atoms with Crippen molar-refractivity contribution in [3.05, 3.63) is 0 Å². The lowest BCUT2D eigenvalue weighted by atomic mass is 9.25. The van der Waals surface area contributed by atoms with Gasteiger partial charge in [0.15, 0.2) is 0 Å². The molecular formula is C13H18O. The first-order valence-electron chi connectivity index (χ1n) is 6.44. The second-order valence-electron chi connectivity index (χ2n) is 6.76. The van der Waals surface area contributed by atoms with Crippen LogP contribution in [0.5, 0.6) is 0 Å². The average Bonchev–Trinajstić information content (AvgIpc) is 2.74. The fraction of sp³-hybridized carbons (Fsp3) is 1.00. The number of hydrogen-bond donors (Lipinski definition) is 0. The molecule has 5 fully saturated rings. The molecule has 5 rings (SSSR count). The van der Waals surface area contributed by atoms with Crippen molar-refractivity contribution >= 4 is 0 Å². The van der Waals surface area contributed by atoms with Gasteiger partial charge < -0.3 is 4.74 Å². The number of ether oxygens (including phenoxy) is 1. The average molecular weight is 190 g/mol. The summed E-state index contributed by atoms with van der Waals surface area (Å²) in [5.41, 5.74) is 0. The summed E-state index contributed by atoms with van der Waals surface area (Å²) >= 11 is 0. The van der Waals surface area contributed by atoms with E-state index in [9.17, 15) is 0 Å². The van der Waals surface area contributed by atoms with E-state index in [0.29, 0.717) is 0 Å². The molecule has 0 spiro atoms. The molecule has 0 aromatic rings. The Morgan fingerprint density at radius 2 is 1.64 bits per heavy atom. The van der Waals surface area contributed by atoms with Crippen LogP contribution in [0.1, 0.15) is 20.3 Å². The molecule has 9 unspecified atom stereocenters. The minimum atomic E-state index is 0.760. The molecule has 0 amide bonds. The van der Waals surface area contributed by atoms with E-state index < -0.39 is 0 Å². The molecule has 1 saturated heterocycles. The molecule has 1 aliphatic heterocycles. The third-order valence-corrected chi connectivity index (χ3v) is 6.43. The third kappa shape index (κ3) is 0.493. The first kappa shape index (κ1) is 7.27. The standard InChI is InChI=1S/C13H18O/c1-4(2)5-3-6-7(5)9-8(6)10-11(9)13-12(10)14-13/h4-13H,3H2,1-2H3. The minimum absolute atomic E-state index is 0.760. The topological polar surface area (TPSA) is 12.5 Å². The highest BCUT2D eigenvalue weighted by atomic mass is 16.6. The van der Waals surface area contributed by atoms with Crippen molar-refractivity contribution in [1.29, 1.82) is 0 Å². The summed E-state index contributed by atoms with van der Waals surface area (Å²) in [6.45, 7) is 4.84. The van der Waals surface area contributed by atoms with Crippen molar-refractivity contribution in [2.45, 2.75) is 32.5 Å². The molecule has 1 heterocycles. The molecule has 9 atom stereocenters. The molecule has 1 nitrogen and oxygen atoms in total. The molecule has 0 bridgehead atoms. The van der Waals surface area contributed by atoms with E-state index in [4.69, 9.17) is 4.74 Å². The highest BCUT2D eigenvalue weighted by Crippen LogP contribution is 2.82. The van der Waals surface area contributed by atoms with Gasteiger partial charge in [0.2, 0.25) is 0 Å². The lowest BCUT2D eigenvalue weighted by Gasteiger charge is -2.78. The lowest BCUT2D eigenvalue weighted by molar-refractivity contribution is -0.302. The Kier molecular flexibility index (Phi) is 0.942. The predicted molar refractivity (Wildman–Crippen MR) is 52.5 cm³/mol. The van der Waals surface area contributed by atoms with Crippen molar-refractivity contribution in [3.63, 3.8) is 0 Å². The number of hydrogen-bond acceptors (Lipinski definition) is 1. The zero-order valence-electron chi connectivity index (χ0n) is 8.89. The van der Waals surface area contributed by atoms with Crippen LogP contribution in [0.4, 0.5) is 0 Å². The van der Waals surface area contributed by atoms with Crippen LogP contribution >= 0.6 is 0 Å². The van der Waals surface area contributed by atoms with Crippen LogP contribution in [0.25, 0.3) is 0 Å². The van der Waals surface area contributed by atoms with E-state index in [1.165, 1.54) is 0 Å². The van der Waals surface area contributed by atoms with Gasteiger partial charge in [-0.3, -0.25) is 0 Å². The summed E-state index contributed by atoms with van der Waals surface area (Å²) in [5, 5.41) is 0. The van der Waals surface area contributed by atoms with Crippen LogP contribution in [-0.2, 0) is 4.74 Å². The van der Waals surface area contributed by atoms with Gasteiger partial charge in [-0.2, -0.15) is 0 Å². The summed E-state index contributed by atoms with van der Waals surface area (Å²) in [6, 6.07) is 0. The van der Waals surface area contributed by atoms with Crippen molar-refractivity contribution in [1.82, 2.24) is 0 Å². The van der Waals surface area contributed by atoms with Crippen molar-refractivity contribution in [2.75, 3.05) is 0 Å². The Morgan fingerprint density at radius 3 is 2.36 bits per heavy atom. The Labute approximate surface area is 85.2 Å². The summed E-state index contributed by atoms with van der Waals surface area (Å²) in [5.74, 6) is 8.70. The van der Waals surface area contributed by atoms with Crippen LogP contribution < -0.4 is 0 Å². The second-order valence-corrected chi connectivity index (χ2v) is 6.76. The summed E-state index contributed by atoms with van der Waals surface area (Å²) in [4.78, 5) is 0. The fourth-order valence-corrected chi connectivity index (χ4v) is 5.76. The molecule has 0 N–H and O–H groups in total. The maximum absolute atomic E-state index is 5.72. The normalized spacial score (nSPS) is 75.2. The molecule has 4 saturated carbocycles. The Hall–Kier alpha value is -0.0400. The molecule has 76 valence electrons. The molecule has 4 aliphatic carbocycles. The van der Waals surface area contributed by atoms with Crippen molar-refractivity contribution in [3.8, 4) is 0 Å². The first-order chi connectivity index (χ1) is 6.79. The van der Waals surface area contributed by atoms with Crippen LogP contribution in [0.3, 0.4) is 0 Å². The molecule has 0 aromatic carbocycles. The van der Waals surface area contributed by atoms with Gasteiger partial charge in [0.1, 0.15) is 0 Å². The van der Waals surface area contributed by atoms with E-state index in [2.05, 4.69) is 13.8 Å². The maximum Gasteiger partial charge on any atom is 0.0879 e. The van der Waals surface area contributed by atoms with E-state index in [1.807, 2.05) is 0 Å². The maximum atomic E-state index is 5.72. The molecular weight excluding hydrogens is 172 g/mol. The number of rotatable bonds is 1. The van der Waals surface area contributed by atoms with Crippen molar-refractivity contribution < 1.29 is 4.74 Å². The SMILES string of the molecule is CC(C)C1CC2C1C1C2C2C3OC3C21. The monoisotopic (exact) mass is 190 g/mol. The van der Waals surface area contributed by atoms with Gasteiger partial charge >= 0.3 is 0 Å². The minimum Gasteiger partial charge on any atom is -0.369 e. The largest absolute Gasteiger partial charge is 0.369 e. The van der Waals surface area contributed by atoms with Crippen LogP contribution in [0.2, 0.25) is 0 Å². The number of fused-ring (bicyclic) bond motifs is 10. The first-order valence-corrected chi connectivity index (χ1v) is 6.44. The molecule has 5 aliphatic rings. The molecule has 14 heavy (non-hydrogen) atoms. The summed E-state index contributed by atoms with van der Waals surface area (Å²) in [7, 11) is 0.